The van der Waals surface area contributed by atoms with Crippen molar-refractivity contribution >= 4 is 5.78 Å². The minimum Gasteiger partial charge on any atom is -0.493 e. The Balaban J connectivity index is 0.00000363. The van der Waals surface area contributed by atoms with E-state index in [9.17, 15) is 40.6 Å². The Labute approximate surface area is 185 Å². The van der Waals surface area contributed by atoms with E-state index in [1.54, 1.807) is 0 Å². The summed E-state index contributed by atoms with van der Waals surface area (Å²) >= 11 is 0. The van der Waals surface area contributed by atoms with Crippen LogP contribution >= 0.6 is 0 Å². The van der Waals surface area contributed by atoms with Crippen LogP contribution in [0.15, 0.2) is 24.3 Å². The van der Waals surface area contributed by atoms with E-state index >= 15 is 0 Å². The molecule has 1 heterocycles. The molecule has 0 atom stereocenters. The molecule has 3 rings (SSSR count). The maximum Gasteiger partial charge on any atom is 0.416 e. The quantitative estimate of drug-likeness (QED) is 0.244. The monoisotopic (exact) mass is 506 g/mol. The average Bonchev–Trinajstić information content (AvgIpc) is 3.00. The van der Waals surface area contributed by atoms with Gasteiger partial charge in [-0.25, -0.2) is 17.6 Å². The van der Waals surface area contributed by atoms with Gasteiger partial charge < -0.3 is 5.11 Å². The Kier molecular flexibility index (Phi) is 6.73. The Morgan fingerprint density at radius 1 is 1.03 bits per heavy atom. The number of benzene rings is 2. The van der Waals surface area contributed by atoms with Gasteiger partial charge in [-0.1, -0.05) is 12.1 Å². The van der Waals surface area contributed by atoms with Crippen LogP contribution in [0.3, 0.4) is 0 Å². The third kappa shape index (κ3) is 3.94. The summed E-state index contributed by atoms with van der Waals surface area (Å²) in [5, 5.41) is 22.4. The van der Waals surface area contributed by atoms with E-state index in [4.69, 9.17) is 5.26 Å². The van der Waals surface area contributed by atoms with Crippen LogP contribution in [-0.4, -0.2) is 20.7 Å². The molecule has 171 valence electrons. The molecule has 32 heavy (non-hydrogen) atoms. The summed E-state index contributed by atoms with van der Waals surface area (Å²) in [7, 11) is 0. The number of carbonyl (C=O) groups excluding carboxylic acids is 1. The van der Waals surface area contributed by atoms with Crippen molar-refractivity contribution in [1.82, 2.24) is 9.78 Å². The summed E-state index contributed by atoms with van der Waals surface area (Å²) in [5.41, 5.74) is -5.45. The number of rotatable bonds is 3. The van der Waals surface area contributed by atoms with E-state index < -0.39 is 63.5 Å². The zero-order valence-electron chi connectivity index (χ0n) is 15.5. The van der Waals surface area contributed by atoms with Crippen molar-refractivity contribution in [3.05, 3.63) is 75.5 Å². The number of nitrogens with zero attached hydrogens (tertiary/aromatic N) is 3. The van der Waals surface area contributed by atoms with Crippen LogP contribution in [0.5, 0.6) is 5.88 Å². The third-order valence-electron chi connectivity index (χ3n) is 4.30. The summed E-state index contributed by atoms with van der Waals surface area (Å²) in [6, 6.07) is 3.78. The van der Waals surface area contributed by atoms with Crippen LogP contribution in [0, 0.1) is 41.5 Å². The number of nitriles is 1. The number of carbonyl (C=O) groups is 1. The molecule has 0 saturated carbocycles. The molecule has 13 heteroatoms. The number of aromatic hydroxyl groups is 1. The molecule has 0 aliphatic heterocycles. The van der Waals surface area contributed by atoms with E-state index in [1.807, 2.05) is 0 Å². The van der Waals surface area contributed by atoms with Gasteiger partial charge in [-0.3, -0.25) is 4.79 Å². The molecule has 1 radical (unpaired) electrons. The van der Waals surface area contributed by atoms with Crippen molar-refractivity contribution in [3.63, 3.8) is 0 Å². The van der Waals surface area contributed by atoms with Crippen molar-refractivity contribution in [2.75, 3.05) is 0 Å². The van der Waals surface area contributed by atoms with E-state index in [2.05, 4.69) is 5.10 Å². The second kappa shape index (κ2) is 8.64. The molecule has 0 fully saturated rings. The van der Waals surface area contributed by atoms with Gasteiger partial charge in [0.15, 0.2) is 29.1 Å². The SMILES string of the molecule is Cc1nn(-c2c(F)c(F)c(C#N)c(F)c2F)c(O)c1C(=O)c1ccc(C(F)(F)F)cc1.[Cu]. The molecule has 0 bridgehead atoms. The predicted octanol–water partition coefficient (Wildman–Crippen LogP) is 4.56. The summed E-state index contributed by atoms with van der Waals surface area (Å²) in [5.74, 6) is -10.5. The first-order valence-corrected chi connectivity index (χ1v) is 8.17. The molecule has 0 aliphatic carbocycles. The molecule has 2 aromatic carbocycles. The standard InChI is InChI=1S/C19H8F7N3O2.Cu/c1-7-11(17(30)8-2-4-9(5-3-8)19(24,25)26)18(31)29(28-7)16-14(22)12(20)10(6-27)13(21)15(16)23;/h2-5,31H,1H3;. The van der Waals surface area contributed by atoms with Gasteiger partial charge in [0.05, 0.1) is 11.3 Å². The van der Waals surface area contributed by atoms with Crippen LogP contribution < -0.4 is 0 Å². The average molecular weight is 507 g/mol. The topological polar surface area (TPSA) is 78.9 Å². The Morgan fingerprint density at radius 2 is 1.53 bits per heavy atom. The minimum absolute atomic E-state index is 0. The van der Waals surface area contributed by atoms with Gasteiger partial charge in [-0.05, 0) is 19.1 Å². The Bertz CT molecular complexity index is 1230. The molecular weight excluding hydrogens is 499 g/mol. The molecule has 5 nitrogen and oxygen atoms in total. The van der Waals surface area contributed by atoms with Crippen molar-refractivity contribution in [1.29, 1.82) is 5.26 Å². The van der Waals surface area contributed by atoms with Crippen molar-refractivity contribution in [3.8, 4) is 17.6 Å². The fourth-order valence-corrected chi connectivity index (χ4v) is 2.80. The third-order valence-corrected chi connectivity index (χ3v) is 4.30. The van der Waals surface area contributed by atoms with Crippen molar-refractivity contribution in [2.45, 2.75) is 13.1 Å². The normalized spacial score (nSPS) is 11.1. The molecular formula is C19H8CuF7N3O2. The van der Waals surface area contributed by atoms with Crippen molar-refractivity contribution < 1.29 is 57.7 Å². The van der Waals surface area contributed by atoms with Gasteiger partial charge in [-0.15, -0.1) is 0 Å². The second-order valence-corrected chi connectivity index (χ2v) is 6.19. The zero-order chi connectivity index (χ0) is 23.2. The summed E-state index contributed by atoms with van der Waals surface area (Å²) in [6.07, 6.45) is -4.66. The molecule has 0 spiro atoms. The van der Waals surface area contributed by atoms with E-state index in [-0.39, 0.29) is 33.0 Å². The van der Waals surface area contributed by atoms with Gasteiger partial charge in [0.1, 0.15) is 22.9 Å². The zero-order valence-corrected chi connectivity index (χ0v) is 16.4. The molecule has 3 aromatic rings. The van der Waals surface area contributed by atoms with Crippen LogP contribution in [0.1, 0.15) is 32.7 Å². The maximum atomic E-state index is 14.3. The number of hydrogen-bond donors (Lipinski definition) is 1. The predicted molar refractivity (Wildman–Crippen MR) is 89.4 cm³/mol. The maximum absolute atomic E-state index is 14.3. The number of aryl methyl sites for hydroxylation is 1. The summed E-state index contributed by atoms with van der Waals surface area (Å²) < 4.78 is 94.4. The van der Waals surface area contributed by atoms with Crippen LogP contribution in [0.25, 0.3) is 5.69 Å². The number of hydrogen-bond acceptors (Lipinski definition) is 4. The molecule has 0 saturated heterocycles. The van der Waals surface area contributed by atoms with E-state index in [1.165, 1.54) is 0 Å². The van der Waals surface area contributed by atoms with Gasteiger partial charge in [-0.2, -0.15) is 28.2 Å². The first-order chi connectivity index (χ1) is 14.4. The van der Waals surface area contributed by atoms with Crippen LogP contribution in [0.4, 0.5) is 30.7 Å². The smallest absolute Gasteiger partial charge is 0.416 e. The Hall–Kier alpha value is -3.36. The van der Waals surface area contributed by atoms with Crippen LogP contribution in [-0.2, 0) is 23.2 Å². The summed E-state index contributed by atoms with van der Waals surface area (Å²) in [4.78, 5) is 12.6. The van der Waals surface area contributed by atoms with Gasteiger partial charge in [0, 0.05) is 22.6 Å². The van der Waals surface area contributed by atoms with Gasteiger partial charge in [0.2, 0.25) is 5.88 Å². The molecule has 0 aliphatic rings. The summed E-state index contributed by atoms with van der Waals surface area (Å²) in [6.45, 7) is 1.11. The van der Waals surface area contributed by atoms with E-state index in [0.717, 1.165) is 25.1 Å². The van der Waals surface area contributed by atoms with Crippen molar-refractivity contribution in [2.24, 2.45) is 0 Å². The first-order valence-electron chi connectivity index (χ1n) is 8.17. The Morgan fingerprint density at radius 3 is 1.97 bits per heavy atom. The van der Waals surface area contributed by atoms with Gasteiger partial charge in [0.25, 0.3) is 0 Å². The first kappa shape index (κ1) is 24.9. The van der Waals surface area contributed by atoms with E-state index in [0.29, 0.717) is 12.1 Å². The van der Waals surface area contributed by atoms with Gasteiger partial charge >= 0.3 is 6.18 Å². The molecule has 0 amide bonds. The number of halogens is 7. The molecule has 1 N–H and O–H groups in total. The molecule has 1 aromatic heterocycles. The number of aromatic nitrogens is 2. The minimum atomic E-state index is -4.66. The number of alkyl halides is 3. The fraction of sp³-hybridized carbons (Fsp3) is 0.105. The van der Waals surface area contributed by atoms with Crippen LogP contribution in [0.2, 0.25) is 0 Å². The number of ketones is 1. The molecule has 0 unspecified atom stereocenters. The second-order valence-electron chi connectivity index (χ2n) is 6.19. The fourth-order valence-electron chi connectivity index (χ4n) is 2.80. The largest absolute Gasteiger partial charge is 0.493 e.